The molecule has 5 aromatic rings. The second-order valence-corrected chi connectivity index (χ2v) is 6.40. The predicted octanol–water partition coefficient (Wildman–Crippen LogP) is 4.25. The van der Waals surface area contributed by atoms with Crippen molar-refractivity contribution in [3.05, 3.63) is 95.2 Å². The Balaban J connectivity index is 1.57. The number of pyridine rings is 1. The molecule has 27 heavy (non-hydrogen) atoms. The third-order valence-corrected chi connectivity index (χ3v) is 4.67. The van der Waals surface area contributed by atoms with E-state index in [0.717, 1.165) is 33.2 Å². The number of benzene rings is 2. The van der Waals surface area contributed by atoms with Gasteiger partial charge in [0.25, 0.3) is 5.56 Å². The third-order valence-electron chi connectivity index (χ3n) is 4.67. The number of hydrogen-bond donors (Lipinski definition) is 0. The highest BCUT2D eigenvalue weighted by Crippen LogP contribution is 2.26. The number of nitrogens with zero attached hydrogens (tertiary/aromatic N) is 3. The smallest absolute Gasteiger partial charge is 0.269 e. The molecule has 3 aromatic heterocycles. The van der Waals surface area contributed by atoms with Gasteiger partial charge in [-0.2, -0.15) is 0 Å². The number of aromatic nitrogens is 3. The third kappa shape index (κ3) is 2.79. The summed E-state index contributed by atoms with van der Waals surface area (Å²) in [5.74, 6) is 0. The van der Waals surface area contributed by atoms with Crippen LogP contribution in [0.4, 0.5) is 0 Å². The highest BCUT2D eigenvalue weighted by molar-refractivity contribution is 5.83. The topological polar surface area (TPSA) is 60.9 Å². The summed E-state index contributed by atoms with van der Waals surface area (Å²) in [5.41, 5.74) is 5.28. The zero-order valence-electron chi connectivity index (χ0n) is 14.4. The van der Waals surface area contributed by atoms with E-state index in [4.69, 9.17) is 4.42 Å². The van der Waals surface area contributed by atoms with Gasteiger partial charge in [0.2, 0.25) is 0 Å². The molecule has 130 valence electrons. The average molecular weight is 353 g/mol. The molecule has 5 rings (SSSR count). The van der Waals surface area contributed by atoms with E-state index in [1.165, 1.54) is 6.20 Å². The van der Waals surface area contributed by atoms with E-state index in [1.807, 2.05) is 42.5 Å². The van der Waals surface area contributed by atoms with Gasteiger partial charge in [-0.3, -0.25) is 9.36 Å². The number of hydrogen-bond acceptors (Lipinski definition) is 4. The Kier molecular flexibility index (Phi) is 3.57. The SMILES string of the molecule is O=c1cnc2ncccc2n1Cc1cccc(-c2ccc3occc3c2)c1. The van der Waals surface area contributed by atoms with Gasteiger partial charge in [0.05, 0.1) is 24.5 Å². The summed E-state index contributed by atoms with van der Waals surface area (Å²) in [6.07, 6.45) is 4.70. The first-order valence-corrected chi connectivity index (χ1v) is 8.65. The summed E-state index contributed by atoms with van der Waals surface area (Å²) in [4.78, 5) is 20.7. The minimum Gasteiger partial charge on any atom is -0.464 e. The Hall–Kier alpha value is -3.73. The predicted molar refractivity (Wildman–Crippen MR) is 105 cm³/mol. The lowest BCUT2D eigenvalue weighted by Crippen LogP contribution is -2.21. The molecule has 0 spiro atoms. The van der Waals surface area contributed by atoms with Crippen LogP contribution in [0.15, 0.2) is 88.5 Å². The Bertz CT molecular complexity index is 1330. The molecule has 0 radical (unpaired) electrons. The lowest BCUT2D eigenvalue weighted by Gasteiger charge is -2.10. The first-order valence-electron chi connectivity index (χ1n) is 8.65. The van der Waals surface area contributed by atoms with Crippen molar-refractivity contribution in [2.75, 3.05) is 0 Å². The van der Waals surface area contributed by atoms with Crippen LogP contribution in [0.1, 0.15) is 5.56 Å². The molecular formula is C22H15N3O2. The Labute approximate surface area is 154 Å². The van der Waals surface area contributed by atoms with Crippen molar-refractivity contribution in [1.29, 1.82) is 0 Å². The molecular weight excluding hydrogens is 338 g/mol. The van der Waals surface area contributed by atoms with Crippen LogP contribution >= 0.6 is 0 Å². The van der Waals surface area contributed by atoms with Gasteiger partial charge < -0.3 is 4.42 Å². The molecule has 0 fully saturated rings. The molecule has 0 bridgehead atoms. The molecule has 0 aliphatic carbocycles. The van der Waals surface area contributed by atoms with Crippen molar-refractivity contribution in [3.8, 4) is 11.1 Å². The normalized spacial score (nSPS) is 11.3. The van der Waals surface area contributed by atoms with E-state index in [1.54, 1.807) is 17.0 Å². The molecule has 5 heteroatoms. The van der Waals surface area contributed by atoms with Gasteiger partial charge >= 0.3 is 0 Å². The van der Waals surface area contributed by atoms with Gasteiger partial charge in [0.1, 0.15) is 5.58 Å². The summed E-state index contributed by atoms with van der Waals surface area (Å²) in [6.45, 7) is 0.464. The van der Waals surface area contributed by atoms with Gasteiger partial charge in [-0.15, -0.1) is 0 Å². The fraction of sp³-hybridized carbons (Fsp3) is 0.0455. The molecule has 0 amide bonds. The van der Waals surface area contributed by atoms with E-state index in [0.29, 0.717) is 12.2 Å². The van der Waals surface area contributed by atoms with Crippen molar-refractivity contribution in [3.63, 3.8) is 0 Å². The standard InChI is InChI=1S/C22H15N3O2/c26-21-13-24-22-19(5-2-9-23-22)25(21)14-15-3-1-4-16(11-15)17-6-7-20-18(12-17)8-10-27-20/h1-13H,14H2. The van der Waals surface area contributed by atoms with Crippen molar-refractivity contribution in [2.24, 2.45) is 0 Å². The summed E-state index contributed by atoms with van der Waals surface area (Å²) < 4.78 is 7.12. The molecule has 0 aliphatic rings. The van der Waals surface area contributed by atoms with Crippen LogP contribution in [-0.2, 0) is 6.54 Å². The van der Waals surface area contributed by atoms with Crippen LogP contribution < -0.4 is 5.56 Å². The number of furan rings is 1. The van der Waals surface area contributed by atoms with Crippen LogP contribution in [-0.4, -0.2) is 14.5 Å². The molecule has 2 aromatic carbocycles. The van der Waals surface area contributed by atoms with E-state index in [9.17, 15) is 4.79 Å². The van der Waals surface area contributed by atoms with Gasteiger partial charge in [-0.1, -0.05) is 24.3 Å². The average Bonchev–Trinajstić information content (AvgIpc) is 3.18. The van der Waals surface area contributed by atoms with Crippen LogP contribution in [0, 0.1) is 0 Å². The summed E-state index contributed by atoms with van der Waals surface area (Å²) in [5, 5.41) is 1.07. The summed E-state index contributed by atoms with van der Waals surface area (Å²) in [7, 11) is 0. The number of fused-ring (bicyclic) bond motifs is 2. The second-order valence-electron chi connectivity index (χ2n) is 6.40. The maximum absolute atomic E-state index is 12.4. The van der Waals surface area contributed by atoms with Crippen molar-refractivity contribution in [1.82, 2.24) is 14.5 Å². The summed E-state index contributed by atoms with van der Waals surface area (Å²) in [6, 6.07) is 20.0. The molecule has 3 heterocycles. The van der Waals surface area contributed by atoms with E-state index in [-0.39, 0.29) is 5.56 Å². The minimum absolute atomic E-state index is 0.138. The van der Waals surface area contributed by atoms with Gasteiger partial charge in [0, 0.05) is 11.6 Å². The Morgan fingerprint density at radius 2 is 1.85 bits per heavy atom. The zero-order valence-corrected chi connectivity index (χ0v) is 14.4. The molecule has 0 saturated heterocycles. The summed E-state index contributed by atoms with van der Waals surface area (Å²) >= 11 is 0. The Morgan fingerprint density at radius 1 is 0.926 bits per heavy atom. The molecule has 0 atom stereocenters. The molecule has 0 unspecified atom stereocenters. The van der Waals surface area contributed by atoms with E-state index in [2.05, 4.69) is 28.2 Å². The van der Waals surface area contributed by atoms with Crippen LogP contribution in [0.2, 0.25) is 0 Å². The quantitative estimate of drug-likeness (QED) is 0.486. The van der Waals surface area contributed by atoms with Gasteiger partial charge in [0.15, 0.2) is 5.65 Å². The van der Waals surface area contributed by atoms with Crippen molar-refractivity contribution < 1.29 is 4.42 Å². The molecule has 5 nitrogen and oxygen atoms in total. The van der Waals surface area contributed by atoms with E-state index < -0.39 is 0 Å². The van der Waals surface area contributed by atoms with Gasteiger partial charge in [-0.05, 0) is 53.1 Å². The highest BCUT2D eigenvalue weighted by Gasteiger charge is 2.07. The van der Waals surface area contributed by atoms with Crippen LogP contribution in [0.5, 0.6) is 0 Å². The lowest BCUT2D eigenvalue weighted by molar-refractivity contribution is 0.616. The molecule has 0 aliphatic heterocycles. The monoisotopic (exact) mass is 353 g/mol. The second kappa shape index (κ2) is 6.21. The first kappa shape index (κ1) is 15.5. The molecule has 0 saturated carbocycles. The van der Waals surface area contributed by atoms with E-state index >= 15 is 0 Å². The fourth-order valence-electron chi connectivity index (χ4n) is 3.34. The lowest BCUT2D eigenvalue weighted by atomic mass is 10.0. The van der Waals surface area contributed by atoms with Crippen molar-refractivity contribution in [2.45, 2.75) is 6.54 Å². The number of rotatable bonds is 3. The highest BCUT2D eigenvalue weighted by atomic mass is 16.3. The van der Waals surface area contributed by atoms with Crippen LogP contribution in [0.3, 0.4) is 0 Å². The van der Waals surface area contributed by atoms with Crippen LogP contribution in [0.25, 0.3) is 33.3 Å². The maximum Gasteiger partial charge on any atom is 0.269 e. The first-order chi connectivity index (χ1) is 13.3. The minimum atomic E-state index is -0.138. The molecule has 0 N–H and O–H groups in total. The van der Waals surface area contributed by atoms with Gasteiger partial charge in [-0.25, -0.2) is 9.97 Å². The zero-order chi connectivity index (χ0) is 18.2. The fourth-order valence-corrected chi connectivity index (χ4v) is 3.34. The Morgan fingerprint density at radius 3 is 2.81 bits per heavy atom. The van der Waals surface area contributed by atoms with Crippen molar-refractivity contribution >= 4 is 22.1 Å². The largest absolute Gasteiger partial charge is 0.464 e. The maximum atomic E-state index is 12.4.